The Kier molecular flexibility index (Phi) is 4.48. The molecule has 1 atom stereocenters. The Morgan fingerprint density at radius 1 is 1.23 bits per heavy atom. The number of urea groups is 1. The maximum atomic E-state index is 12.3. The van der Waals surface area contributed by atoms with Gasteiger partial charge in [0, 0.05) is 31.0 Å². The van der Waals surface area contributed by atoms with E-state index in [0.29, 0.717) is 12.4 Å². The van der Waals surface area contributed by atoms with Gasteiger partial charge in [0.25, 0.3) is 0 Å². The highest BCUT2D eigenvalue weighted by molar-refractivity contribution is 5.88. The third kappa shape index (κ3) is 3.72. The quantitative estimate of drug-likeness (QED) is 0.913. The van der Waals surface area contributed by atoms with Crippen LogP contribution in [0.1, 0.15) is 12.8 Å². The van der Waals surface area contributed by atoms with Gasteiger partial charge in [0.05, 0.1) is 0 Å². The average molecular weight is 297 g/mol. The Balaban J connectivity index is 1.57. The lowest BCUT2D eigenvalue weighted by Crippen LogP contribution is -2.46. The molecule has 1 aliphatic heterocycles. The van der Waals surface area contributed by atoms with Crippen molar-refractivity contribution in [2.75, 3.05) is 23.7 Å². The molecule has 2 N–H and O–H groups in total. The van der Waals surface area contributed by atoms with Gasteiger partial charge in [0.15, 0.2) is 0 Å². The fraction of sp³-hybridized carbons (Fsp3) is 0.312. The number of likely N-dealkylation sites (tertiary alicyclic amines) is 1. The van der Waals surface area contributed by atoms with Crippen LogP contribution in [0.4, 0.5) is 16.3 Å². The second-order valence-electron chi connectivity index (χ2n) is 5.32. The summed E-state index contributed by atoms with van der Waals surface area (Å²) in [5.74, 6) is 0.526. The molecule has 6 heteroatoms. The third-order valence-corrected chi connectivity index (χ3v) is 3.67. The number of carbonyl (C=O) groups is 1. The van der Waals surface area contributed by atoms with Crippen molar-refractivity contribution in [3.05, 3.63) is 48.9 Å². The zero-order chi connectivity index (χ0) is 15.2. The van der Waals surface area contributed by atoms with Gasteiger partial charge in [-0.1, -0.05) is 18.2 Å². The summed E-state index contributed by atoms with van der Waals surface area (Å²) in [6.45, 7) is 1.45. The SMILES string of the molecule is O=C(Nc1ccncn1)N1CCC[C@H](Nc2ccccc2)C1. The summed E-state index contributed by atoms with van der Waals surface area (Å²) in [5.41, 5.74) is 1.09. The predicted molar refractivity (Wildman–Crippen MR) is 85.7 cm³/mol. The van der Waals surface area contributed by atoms with Gasteiger partial charge in [-0.3, -0.25) is 5.32 Å². The van der Waals surface area contributed by atoms with Crippen molar-refractivity contribution < 1.29 is 4.79 Å². The first-order valence-electron chi connectivity index (χ1n) is 7.45. The number of carbonyl (C=O) groups excluding carboxylic acids is 1. The molecule has 1 saturated heterocycles. The molecule has 0 spiro atoms. The molecule has 0 saturated carbocycles. The number of nitrogens with one attached hydrogen (secondary N) is 2. The van der Waals surface area contributed by atoms with E-state index in [0.717, 1.165) is 25.1 Å². The molecule has 2 amide bonds. The molecule has 2 aromatic rings. The van der Waals surface area contributed by atoms with Crippen LogP contribution in [0, 0.1) is 0 Å². The van der Waals surface area contributed by atoms with E-state index in [9.17, 15) is 4.79 Å². The molecule has 0 bridgehead atoms. The van der Waals surface area contributed by atoms with Crippen molar-refractivity contribution in [3.63, 3.8) is 0 Å². The van der Waals surface area contributed by atoms with Crippen LogP contribution in [0.25, 0.3) is 0 Å². The van der Waals surface area contributed by atoms with Gasteiger partial charge in [0.1, 0.15) is 12.1 Å². The van der Waals surface area contributed by atoms with Crippen LogP contribution >= 0.6 is 0 Å². The lowest BCUT2D eigenvalue weighted by molar-refractivity contribution is 0.196. The minimum absolute atomic E-state index is 0.113. The van der Waals surface area contributed by atoms with Gasteiger partial charge < -0.3 is 10.2 Å². The normalized spacial score (nSPS) is 17.8. The molecule has 22 heavy (non-hydrogen) atoms. The van der Waals surface area contributed by atoms with Gasteiger partial charge in [-0.05, 0) is 31.0 Å². The number of hydrogen-bond acceptors (Lipinski definition) is 4. The molecule has 1 aliphatic rings. The van der Waals surface area contributed by atoms with Crippen molar-refractivity contribution in [1.29, 1.82) is 0 Å². The molecule has 0 radical (unpaired) electrons. The van der Waals surface area contributed by atoms with Crippen LogP contribution in [0.2, 0.25) is 0 Å². The molecular formula is C16H19N5O. The number of para-hydroxylation sites is 1. The van der Waals surface area contributed by atoms with E-state index in [1.54, 1.807) is 12.3 Å². The van der Waals surface area contributed by atoms with Gasteiger partial charge in [-0.2, -0.15) is 0 Å². The first-order chi connectivity index (χ1) is 10.8. The molecule has 0 aliphatic carbocycles. The van der Waals surface area contributed by atoms with Crippen molar-refractivity contribution in [3.8, 4) is 0 Å². The van der Waals surface area contributed by atoms with Crippen molar-refractivity contribution in [2.24, 2.45) is 0 Å². The first-order valence-corrected chi connectivity index (χ1v) is 7.45. The maximum Gasteiger partial charge on any atom is 0.323 e. The molecule has 2 heterocycles. The summed E-state index contributed by atoms with van der Waals surface area (Å²) >= 11 is 0. The topological polar surface area (TPSA) is 70.2 Å². The van der Waals surface area contributed by atoms with Crippen LogP contribution < -0.4 is 10.6 Å². The number of piperidine rings is 1. The summed E-state index contributed by atoms with van der Waals surface area (Å²) in [4.78, 5) is 22.0. The first kappa shape index (κ1) is 14.3. The zero-order valence-corrected chi connectivity index (χ0v) is 12.3. The lowest BCUT2D eigenvalue weighted by Gasteiger charge is -2.33. The molecule has 6 nitrogen and oxygen atoms in total. The maximum absolute atomic E-state index is 12.3. The fourth-order valence-electron chi connectivity index (χ4n) is 2.60. The molecule has 1 aromatic carbocycles. The van der Waals surface area contributed by atoms with E-state index in [-0.39, 0.29) is 12.1 Å². The van der Waals surface area contributed by atoms with Crippen LogP contribution in [-0.2, 0) is 0 Å². The van der Waals surface area contributed by atoms with Crippen LogP contribution in [-0.4, -0.2) is 40.0 Å². The fourth-order valence-corrected chi connectivity index (χ4v) is 2.60. The highest BCUT2D eigenvalue weighted by Crippen LogP contribution is 2.16. The Morgan fingerprint density at radius 2 is 2.09 bits per heavy atom. The van der Waals surface area contributed by atoms with E-state index in [1.807, 2.05) is 35.2 Å². The Labute approximate surface area is 129 Å². The van der Waals surface area contributed by atoms with Gasteiger partial charge >= 0.3 is 6.03 Å². The summed E-state index contributed by atoms with van der Waals surface area (Å²) in [5, 5.41) is 6.29. The lowest BCUT2D eigenvalue weighted by atomic mass is 10.1. The minimum Gasteiger partial charge on any atom is -0.381 e. The zero-order valence-electron chi connectivity index (χ0n) is 12.3. The van der Waals surface area contributed by atoms with E-state index < -0.39 is 0 Å². The molecule has 1 aromatic heterocycles. The summed E-state index contributed by atoms with van der Waals surface area (Å²) < 4.78 is 0. The Morgan fingerprint density at radius 3 is 2.86 bits per heavy atom. The molecule has 1 fully saturated rings. The Hall–Kier alpha value is -2.63. The van der Waals surface area contributed by atoms with E-state index in [1.165, 1.54) is 6.33 Å². The summed E-state index contributed by atoms with van der Waals surface area (Å²) in [6, 6.07) is 11.9. The number of nitrogens with zero attached hydrogens (tertiary/aromatic N) is 3. The van der Waals surface area contributed by atoms with Crippen molar-refractivity contribution in [2.45, 2.75) is 18.9 Å². The highest BCUT2D eigenvalue weighted by atomic mass is 16.2. The smallest absolute Gasteiger partial charge is 0.323 e. The van der Waals surface area contributed by atoms with Crippen LogP contribution in [0.5, 0.6) is 0 Å². The number of rotatable bonds is 3. The number of anilines is 2. The van der Waals surface area contributed by atoms with Crippen LogP contribution in [0.3, 0.4) is 0 Å². The largest absolute Gasteiger partial charge is 0.381 e. The van der Waals surface area contributed by atoms with E-state index in [4.69, 9.17) is 0 Å². The third-order valence-electron chi connectivity index (χ3n) is 3.67. The van der Waals surface area contributed by atoms with Crippen molar-refractivity contribution >= 4 is 17.5 Å². The molecule has 114 valence electrons. The number of amides is 2. The monoisotopic (exact) mass is 297 g/mol. The van der Waals surface area contributed by atoms with E-state index >= 15 is 0 Å². The summed E-state index contributed by atoms with van der Waals surface area (Å²) in [6.07, 6.45) is 5.08. The summed E-state index contributed by atoms with van der Waals surface area (Å²) in [7, 11) is 0. The second-order valence-corrected chi connectivity index (χ2v) is 5.32. The molecule has 0 unspecified atom stereocenters. The second kappa shape index (κ2) is 6.89. The number of hydrogen-bond donors (Lipinski definition) is 2. The average Bonchev–Trinajstić information content (AvgIpc) is 2.57. The Bertz CT molecular complexity index is 604. The van der Waals surface area contributed by atoms with Gasteiger partial charge in [-0.25, -0.2) is 14.8 Å². The van der Waals surface area contributed by atoms with Crippen molar-refractivity contribution in [1.82, 2.24) is 14.9 Å². The standard InChI is InChI=1S/C16H19N5O/c22-16(20-15-8-9-17-12-18-15)21-10-4-7-14(11-21)19-13-5-2-1-3-6-13/h1-3,5-6,8-9,12,14,19H,4,7,10-11H2,(H,17,18,20,22)/t14-/m0/s1. The predicted octanol–water partition coefficient (Wildman–Crippen LogP) is 2.59. The minimum atomic E-state index is -0.113. The number of aromatic nitrogens is 2. The highest BCUT2D eigenvalue weighted by Gasteiger charge is 2.23. The van der Waals surface area contributed by atoms with Gasteiger partial charge in [-0.15, -0.1) is 0 Å². The van der Waals surface area contributed by atoms with Gasteiger partial charge in [0.2, 0.25) is 0 Å². The number of benzene rings is 1. The molecule has 3 rings (SSSR count). The van der Waals surface area contributed by atoms with Crippen LogP contribution in [0.15, 0.2) is 48.9 Å². The van der Waals surface area contributed by atoms with E-state index in [2.05, 4.69) is 20.6 Å². The molecular weight excluding hydrogens is 278 g/mol.